The fraction of sp³-hybridized carbons (Fsp3) is 0.231. The van der Waals surface area contributed by atoms with E-state index in [2.05, 4.69) is 16.7 Å². The van der Waals surface area contributed by atoms with Crippen molar-refractivity contribution in [3.8, 4) is 17.2 Å². The van der Waals surface area contributed by atoms with Gasteiger partial charge >= 0.3 is 6.09 Å². The maximum Gasteiger partial charge on any atom is 0.407 e. The number of carbonyl (C=O) groups is 1. The summed E-state index contributed by atoms with van der Waals surface area (Å²) in [6, 6.07) is 15.5. The van der Waals surface area contributed by atoms with E-state index >= 15 is 0 Å². The molecule has 0 aliphatic rings. The summed E-state index contributed by atoms with van der Waals surface area (Å²) in [6.45, 7) is 2.16. The van der Waals surface area contributed by atoms with Gasteiger partial charge in [-0.2, -0.15) is 0 Å². The molecule has 176 valence electrons. The normalized spacial score (nSPS) is 10.7. The average molecular weight is 462 g/mol. The van der Waals surface area contributed by atoms with Gasteiger partial charge in [0.15, 0.2) is 11.5 Å². The molecule has 0 aliphatic carbocycles. The fourth-order valence-electron chi connectivity index (χ4n) is 3.86. The number of aromatic nitrogens is 1. The molecule has 8 nitrogen and oxygen atoms in total. The smallest absolute Gasteiger partial charge is 0.407 e. The van der Waals surface area contributed by atoms with Crippen LogP contribution < -0.4 is 24.8 Å². The van der Waals surface area contributed by atoms with E-state index in [9.17, 15) is 4.79 Å². The molecule has 0 radical (unpaired) electrons. The van der Waals surface area contributed by atoms with Gasteiger partial charge in [0.05, 0.1) is 38.1 Å². The van der Waals surface area contributed by atoms with Crippen LogP contribution in [-0.4, -0.2) is 39.5 Å². The largest absolute Gasteiger partial charge is 0.496 e. The first kappa shape index (κ1) is 23.0. The molecule has 0 saturated heterocycles. The van der Waals surface area contributed by atoms with Gasteiger partial charge in [0.1, 0.15) is 12.4 Å². The molecule has 0 atom stereocenters. The molecule has 1 heterocycles. The minimum Gasteiger partial charge on any atom is -0.496 e. The standard InChI is InChI=1S/C26H27N3O5/c1-15-9-18-20(12-22(15)31-3)29-21-13-24(33-5)23(32-4)11-19(21)25(18)28-17-8-6-7-16(10-17)14-34-26(30)27-2/h6-13H,14H2,1-5H3,(H,27,30)(H,28,29). The Kier molecular flexibility index (Phi) is 6.58. The number of benzene rings is 3. The van der Waals surface area contributed by atoms with Crippen LogP contribution >= 0.6 is 0 Å². The quantitative estimate of drug-likeness (QED) is 0.360. The van der Waals surface area contributed by atoms with E-state index in [1.165, 1.54) is 7.05 Å². The first-order valence-corrected chi connectivity index (χ1v) is 10.7. The summed E-state index contributed by atoms with van der Waals surface area (Å²) in [5, 5.41) is 7.81. The number of anilines is 2. The second kappa shape index (κ2) is 9.74. The highest BCUT2D eigenvalue weighted by Crippen LogP contribution is 2.40. The van der Waals surface area contributed by atoms with Crippen molar-refractivity contribution in [2.24, 2.45) is 0 Å². The zero-order valence-electron chi connectivity index (χ0n) is 19.8. The summed E-state index contributed by atoms with van der Waals surface area (Å²) >= 11 is 0. The molecule has 0 unspecified atom stereocenters. The summed E-state index contributed by atoms with van der Waals surface area (Å²) < 4.78 is 21.8. The minimum absolute atomic E-state index is 0.161. The van der Waals surface area contributed by atoms with Crippen LogP contribution in [0.25, 0.3) is 21.8 Å². The summed E-state index contributed by atoms with van der Waals surface area (Å²) in [4.78, 5) is 16.3. The Hall–Kier alpha value is -4.20. The number of carbonyl (C=O) groups excluding carboxylic acids is 1. The third-order valence-electron chi connectivity index (χ3n) is 5.57. The van der Waals surface area contributed by atoms with Crippen molar-refractivity contribution >= 4 is 39.3 Å². The van der Waals surface area contributed by atoms with Crippen molar-refractivity contribution in [2.45, 2.75) is 13.5 Å². The summed E-state index contributed by atoms with van der Waals surface area (Å²) in [7, 11) is 6.38. The highest BCUT2D eigenvalue weighted by atomic mass is 16.5. The van der Waals surface area contributed by atoms with Crippen LogP contribution in [0.4, 0.5) is 16.2 Å². The fourth-order valence-corrected chi connectivity index (χ4v) is 3.86. The lowest BCUT2D eigenvalue weighted by atomic mass is 10.0. The maximum atomic E-state index is 11.5. The van der Waals surface area contributed by atoms with E-state index in [4.69, 9.17) is 23.9 Å². The molecular formula is C26H27N3O5. The monoisotopic (exact) mass is 461 g/mol. The van der Waals surface area contributed by atoms with Gasteiger partial charge in [-0.25, -0.2) is 9.78 Å². The zero-order chi connectivity index (χ0) is 24.2. The van der Waals surface area contributed by atoms with E-state index in [1.54, 1.807) is 21.3 Å². The molecule has 0 spiro atoms. The number of aryl methyl sites for hydroxylation is 1. The van der Waals surface area contributed by atoms with Crippen LogP contribution in [0.15, 0.2) is 48.5 Å². The highest BCUT2D eigenvalue weighted by Gasteiger charge is 2.16. The minimum atomic E-state index is -0.477. The van der Waals surface area contributed by atoms with Gasteiger partial charge in [-0.05, 0) is 42.3 Å². The summed E-state index contributed by atoms with van der Waals surface area (Å²) in [5.74, 6) is 1.97. The van der Waals surface area contributed by atoms with Crippen LogP contribution in [0.1, 0.15) is 11.1 Å². The lowest BCUT2D eigenvalue weighted by molar-refractivity contribution is 0.142. The second-order valence-corrected chi connectivity index (χ2v) is 7.70. The van der Waals surface area contributed by atoms with Crippen LogP contribution in [-0.2, 0) is 11.3 Å². The maximum absolute atomic E-state index is 11.5. The van der Waals surface area contributed by atoms with Crippen LogP contribution in [0.2, 0.25) is 0 Å². The second-order valence-electron chi connectivity index (χ2n) is 7.70. The average Bonchev–Trinajstić information content (AvgIpc) is 2.86. The lowest BCUT2D eigenvalue weighted by Gasteiger charge is -2.17. The molecule has 0 saturated carbocycles. The number of hydrogen-bond donors (Lipinski definition) is 2. The van der Waals surface area contributed by atoms with Gasteiger partial charge in [-0.3, -0.25) is 0 Å². The Morgan fingerprint density at radius 1 is 0.882 bits per heavy atom. The molecule has 1 aromatic heterocycles. The van der Waals surface area contributed by atoms with E-state index in [0.717, 1.165) is 50.1 Å². The van der Waals surface area contributed by atoms with Crippen molar-refractivity contribution in [1.82, 2.24) is 10.3 Å². The molecule has 2 N–H and O–H groups in total. The molecule has 1 amide bonds. The summed E-state index contributed by atoms with van der Waals surface area (Å²) in [5.41, 5.74) is 5.09. The van der Waals surface area contributed by atoms with Crippen LogP contribution in [0.5, 0.6) is 17.2 Å². The Morgan fingerprint density at radius 2 is 1.53 bits per heavy atom. The summed E-state index contributed by atoms with van der Waals surface area (Å²) in [6.07, 6.45) is -0.477. The van der Waals surface area contributed by atoms with E-state index in [-0.39, 0.29) is 6.61 Å². The first-order chi connectivity index (χ1) is 16.5. The van der Waals surface area contributed by atoms with Gasteiger partial charge < -0.3 is 29.6 Å². The number of amides is 1. The topological polar surface area (TPSA) is 90.9 Å². The van der Waals surface area contributed by atoms with Crippen molar-refractivity contribution in [3.63, 3.8) is 0 Å². The molecule has 3 aromatic carbocycles. The van der Waals surface area contributed by atoms with Crippen molar-refractivity contribution < 1.29 is 23.7 Å². The highest BCUT2D eigenvalue weighted by molar-refractivity contribution is 6.10. The van der Waals surface area contributed by atoms with Crippen molar-refractivity contribution in [1.29, 1.82) is 0 Å². The van der Waals surface area contributed by atoms with E-state index in [1.807, 2.05) is 49.4 Å². The number of ether oxygens (including phenoxy) is 4. The van der Waals surface area contributed by atoms with E-state index < -0.39 is 6.09 Å². The van der Waals surface area contributed by atoms with Crippen molar-refractivity contribution in [2.75, 3.05) is 33.7 Å². The molecule has 8 heteroatoms. The molecule has 4 rings (SSSR count). The number of pyridine rings is 1. The Morgan fingerprint density at radius 3 is 2.21 bits per heavy atom. The van der Waals surface area contributed by atoms with E-state index in [0.29, 0.717) is 11.5 Å². The lowest BCUT2D eigenvalue weighted by Crippen LogP contribution is -2.18. The van der Waals surface area contributed by atoms with Crippen LogP contribution in [0.3, 0.4) is 0 Å². The third-order valence-corrected chi connectivity index (χ3v) is 5.57. The van der Waals surface area contributed by atoms with Gasteiger partial charge in [-0.15, -0.1) is 0 Å². The van der Waals surface area contributed by atoms with Gasteiger partial charge in [0.2, 0.25) is 0 Å². The Bertz CT molecular complexity index is 1370. The number of hydrogen-bond acceptors (Lipinski definition) is 7. The number of methoxy groups -OCH3 is 3. The number of fused-ring (bicyclic) bond motifs is 2. The molecule has 0 bridgehead atoms. The number of nitrogens with one attached hydrogen (secondary N) is 2. The SMILES string of the molecule is CNC(=O)OCc1cccc(Nc2c3cc(C)c(OC)cc3nc3cc(OC)c(OC)cc23)c1. The third kappa shape index (κ3) is 4.47. The zero-order valence-corrected chi connectivity index (χ0v) is 19.8. The van der Waals surface area contributed by atoms with Crippen LogP contribution in [0, 0.1) is 6.92 Å². The Labute approximate surface area is 197 Å². The number of nitrogens with zero attached hydrogens (tertiary/aromatic N) is 1. The molecular weight excluding hydrogens is 434 g/mol. The molecule has 4 aromatic rings. The number of rotatable bonds is 7. The Balaban J connectivity index is 1.88. The molecule has 0 aliphatic heterocycles. The van der Waals surface area contributed by atoms with Gasteiger partial charge in [0.25, 0.3) is 0 Å². The molecule has 34 heavy (non-hydrogen) atoms. The predicted octanol–water partition coefficient (Wildman–Crippen LogP) is 5.32. The van der Waals surface area contributed by atoms with Crippen molar-refractivity contribution in [3.05, 3.63) is 59.7 Å². The first-order valence-electron chi connectivity index (χ1n) is 10.7. The number of alkyl carbamates (subject to hydrolysis) is 1. The molecule has 0 fully saturated rings. The van der Waals surface area contributed by atoms with Gasteiger partial charge in [-0.1, -0.05) is 12.1 Å². The van der Waals surface area contributed by atoms with Gasteiger partial charge in [0, 0.05) is 35.6 Å². The predicted molar refractivity (Wildman–Crippen MR) is 133 cm³/mol.